The van der Waals surface area contributed by atoms with Gasteiger partial charge in [0.05, 0.1) is 0 Å². The van der Waals surface area contributed by atoms with Crippen molar-refractivity contribution in [1.29, 1.82) is 0 Å². The molecule has 6 heteroatoms. The third-order valence-electron chi connectivity index (χ3n) is 4.49. The zero-order chi connectivity index (χ0) is 18.1. The molecule has 0 spiro atoms. The number of fused-ring (bicyclic) bond motifs is 1. The molecule has 26 heavy (non-hydrogen) atoms. The smallest absolute Gasteiger partial charge is 0.148 e. The number of hydrogen-bond donors (Lipinski definition) is 2. The molecule has 4 rings (SSSR count). The van der Waals surface area contributed by atoms with Gasteiger partial charge >= 0.3 is 0 Å². The van der Waals surface area contributed by atoms with E-state index >= 15 is 0 Å². The highest BCUT2D eigenvalue weighted by atomic mass is 19.1. The Balaban J connectivity index is 1.50. The fourth-order valence-corrected chi connectivity index (χ4v) is 3.06. The molecule has 132 valence electrons. The summed E-state index contributed by atoms with van der Waals surface area (Å²) < 4.78 is 14.9. The van der Waals surface area contributed by atoms with Crippen LogP contribution in [0.4, 0.5) is 10.2 Å². The van der Waals surface area contributed by atoms with Crippen molar-refractivity contribution in [2.24, 2.45) is 7.05 Å². The van der Waals surface area contributed by atoms with Gasteiger partial charge in [0.15, 0.2) is 0 Å². The Bertz CT molecular complexity index is 1050. The summed E-state index contributed by atoms with van der Waals surface area (Å²) in [6, 6.07) is 10.7. The second kappa shape index (κ2) is 6.63. The molecule has 0 amide bonds. The number of benzene rings is 1. The molecular formula is C20H20FN5. The molecule has 0 radical (unpaired) electrons. The molecule has 3 heterocycles. The molecular weight excluding hydrogens is 329 g/mol. The third kappa shape index (κ3) is 3.31. The second-order valence-electron chi connectivity index (χ2n) is 6.52. The quantitative estimate of drug-likeness (QED) is 0.574. The molecule has 0 fully saturated rings. The van der Waals surface area contributed by atoms with E-state index in [2.05, 4.69) is 26.4 Å². The number of aromatic nitrogens is 4. The summed E-state index contributed by atoms with van der Waals surface area (Å²) >= 11 is 0. The molecule has 0 saturated carbocycles. The zero-order valence-electron chi connectivity index (χ0n) is 14.8. The number of H-pyrrole nitrogens is 1. The first-order chi connectivity index (χ1) is 12.6. The highest BCUT2D eigenvalue weighted by molar-refractivity contribution is 5.80. The maximum atomic E-state index is 13.0. The summed E-state index contributed by atoms with van der Waals surface area (Å²) in [6.45, 7) is 2.65. The summed E-state index contributed by atoms with van der Waals surface area (Å²) in [5.74, 6) is 0.582. The van der Waals surface area contributed by atoms with Gasteiger partial charge in [-0.25, -0.2) is 9.37 Å². The van der Waals surface area contributed by atoms with Gasteiger partial charge in [-0.05, 0) is 41.8 Å². The number of nitrogens with zero attached hydrogens (tertiary/aromatic N) is 3. The monoisotopic (exact) mass is 349 g/mol. The average Bonchev–Trinajstić information content (AvgIpc) is 3.18. The molecule has 0 atom stereocenters. The summed E-state index contributed by atoms with van der Waals surface area (Å²) in [5, 5.41) is 8.97. The van der Waals surface area contributed by atoms with Crippen molar-refractivity contribution >= 4 is 16.9 Å². The molecule has 0 aliphatic carbocycles. The van der Waals surface area contributed by atoms with Gasteiger partial charge < -0.3 is 10.3 Å². The lowest BCUT2D eigenvalue weighted by Crippen LogP contribution is -2.01. The lowest BCUT2D eigenvalue weighted by Gasteiger charge is -2.02. The van der Waals surface area contributed by atoms with Crippen LogP contribution in [0.25, 0.3) is 11.0 Å². The molecule has 0 aliphatic rings. The Morgan fingerprint density at radius 1 is 1.19 bits per heavy atom. The van der Waals surface area contributed by atoms with Gasteiger partial charge in [-0.15, -0.1) is 0 Å². The molecule has 3 aromatic heterocycles. The molecule has 1 aromatic carbocycles. The topological polar surface area (TPSA) is 58.5 Å². The highest BCUT2D eigenvalue weighted by Gasteiger charge is 2.10. The van der Waals surface area contributed by atoms with Crippen LogP contribution < -0.4 is 5.32 Å². The van der Waals surface area contributed by atoms with Crippen LogP contribution in [-0.4, -0.2) is 19.7 Å². The number of pyridine rings is 1. The Hall–Kier alpha value is -3.15. The second-order valence-corrected chi connectivity index (χ2v) is 6.52. The first kappa shape index (κ1) is 16.3. The average molecular weight is 349 g/mol. The standard InChI is InChI=1S/C20H20FN5/c1-13-7-18-15(12-24-20(18)23-10-13)8-17-9-19(25-26(17)2)22-11-14-3-5-16(21)6-4-14/h3-7,9-10,12H,8,11H2,1-2H3,(H,22,25)(H,23,24). The Morgan fingerprint density at radius 3 is 2.81 bits per heavy atom. The Labute approximate surface area is 150 Å². The van der Waals surface area contributed by atoms with Crippen LogP contribution in [0.2, 0.25) is 0 Å². The number of nitrogens with one attached hydrogen (secondary N) is 2. The fourth-order valence-electron chi connectivity index (χ4n) is 3.06. The van der Waals surface area contributed by atoms with Crippen LogP contribution in [0.15, 0.2) is 48.8 Å². The number of aromatic amines is 1. The third-order valence-corrected chi connectivity index (χ3v) is 4.49. The number of anilines is 1. The SMILES string of the molecule is Cc1cnc2[nH]cc(Cc3cc(NCc4ccc(F)cc4)nn3C)c2c1. The van der Waals surface area contributed by atoms with E-state index in [9.17, 15) is 4.39 Å². The van der Waals surface area contributed by atoms with Crippen LogP contribution in [0.1, 0.15) is 22.4 Å². The minimum absolute atomic E-state index is 0.225. The van der Waals surface area contributed by atoms with Gasteiger partial charge in [-0.3, -0.25) is 4.68 Å². The van der Waals surface area contributed by atoms with Gasteiger partial charge in [-0.1, -0.05) is 12.1 Å². The van der Waals surface area contributed by atoms with E-state index in [1.165, 1.54) is 17.7 Å². The highest BCUT2D eigenvalue weighted by Crippen LogP contribution is 2.22. The van der Waals surface area contributed by atoms with Gasteiger partial charge in [0, 0.05) is 49.6 Å². The van der Waals surface area contributed by atoms with Gasteiger partial charge in [0.1, 0.15) is 17.3 Å². The van der Waals surface area contributed by atoms with Crippen molar-refractivity contribution in [2.45, 2.75) is 19.9 Å². The van der Waals surface area contributed by atoms with Gasteiger partial charge in [-0.2, -0.15) is 5.10 Å². The Kier molecular flexibility index (Phi) is 4.16. The number of halogens is 1. The normalized spacial score (nSPS) is 11.2. The Morgan fingerprint density at radius 2 is 2.00 bits per heavy atom. The van der Waals surface area contributed by atoms with Crippen molar-refractivity contribution in [2.75, 3.05) is 5.32 Å². The van der Waals surface area contributed by atoms with E-state index in [1.54, 1.807) is 12.1 Å². The van der Waals surface area contributed by atoms with Crippen LogP contribution >= 0.6 is 0 Å². The first-order valence-electron chi connectivity index (χ1n) is 8.52. The van der Waals surface area contributed by atoms with Crippen molar-refractivity contribution < 1.29 is 4.39 Å². The fraction of sp³-hybridized carbons (Fsp3) is 0.200. The molecule has 0 saturated heterocycles. The van der Waals surface area contributed by atoms with Gasteiger partial charge in [0.2, 0.25) is 0 Å². The van der Waals surface area contributed by atoms with E-state index in [0.717, 1.165) is 40.1 Å². The minimum atomic E-state index is -0.225. The number of hydrogen-bond acceptors (Lipinski definition) is 3. The van der Waals surface area contributed by atoms with Crippen molar-refractivity contribution in [1.82, 2.24) is 19.7 Å². The number of aryl methyl sites for hydroxylation is 2. The van der Waals surface area contributed by atoms with E-state index in [4.69, 9.17) is 0 Å². The number of rotatable bonds is 5. The molecule has 0 bridgehead atoms. The first-order valence-corrected chi connectivity index (χ1v) is 8.52. The summed E-state index contributed by atoms with van der Waals surface area (Å²) in [4.78, 5) is 7.65. The summed E-state index contributed by atoms with van der Waals surface area (Å²) in [6.07, 6.45) is 4.65. The molecule has 5 nitrogen and oxygen atoms in total. The lowest BCUT2D eigenvalue weighted by atomic mass is 10.1. The summed E-state index contributed by atoms with van der Waals surface area (Å²) in [7, 11) is 1.94. The molecule has 4 aromatic rings. The van der Waals surface area contributed by atoms with E-state index in [1.807, 2.05) is 37.1 Å². The van der Waals surface area contributed by atoms with Crippen molar-refractivity contribution in [3.05, 3.63) is 77.0 Å². The maximum Gasteiger partial charge on any atom is 0.148 e. The maximum absolute atomic E-state index is 13.0. The lowest BCUT2D eigenvalue weighted by molar-refractivity contribution is 0.627. The van der Waals surface area contributed by atoms with Crippen LogP contribution in [0.5, 0.6) is 0 Å². The van der Waals surface area contributed by atoms with Gasteiger partial charge in [0.25, 0.3) is 0 Å². The van der Waals surface area contributed by atoms with Crippen molar-refractivity contribution in [3.8, 4) is 0 Å². The van der Waals surface area contributed by atoms with Crippen LogP contribution in [-0.2, 0) is 20.0 Å². The van der Waals surface area contributed by atoms with E-state index in [0.29, 0.717) is 6.54 Å². The molecule has 2 N–H and O–H groups in total. The van der Waals surface area contributed by atoms with Crippen molar-refractivity contribution in [3.63, 3.8) is 0 Å². The van der Waals surface area contributed by atoms with Crippen LogP contribution in [0.3, 0.4) is 0 Å². The van der Waals surface area contributed by atoms with E-state index in [-0.39, 0.29) is 5.82 Å². The molecule has 0 aliphatic heterocycles. The summed E-state index contributed by atoms with van der Waals surface area (Å²) in [5.41, 5.74) is 5.36. The predicted octanol–water partition coefficient (Wildman–Crippen LogP) is 3.95. The van der Waals surface area contributed by atoms with E-state index < -0.39 is 0 Å². The molecule has 0 unspecified atom stereocenters. The zero-order valence-corrected chi connectivity index (χ0v) is 14.8. The predicted molar refractivity (Wildman–Crippen MR) is 101 cm³/mol. The largest absolute Gasteiger partial charge is 0.365 e. The minimum Gasteiger partial charge on any atom is -0.365 e. The van der Waals surface area contributed by atoms with Crippen LogP contribution in [0, 0.1) is 12.7 Å².